The molecule has 126 valence electrons. The molecule has 0 aliphatic heterocycles. The lowest BCUT2D eigenvalue weighted by Gasteiger charge is -2.11. The van der Waals surface area contributed by atoms with Crippen LogP contribution in [-0.4, -0.2) is 0 Å². The summed E-state index contributed by atoms with van der Waals surface area (Å²) >= 11 is 0. The molecule has 0 amide bonds. The highest BCUT2D eigenvalue weighted by Gasteiger charge is 2.39. The molecule has 0 aromatic heterocycles. The molecule has 0 bridgehead atoms. The van der Waals surface area contributed by atoms with Crippen molar-refractivity contribution in [3.05, 3.63) is 35.5 Å². The second kappa shape index (κ2) is 9.38. The fraction of sp³-hybridized carbons (Fsp3) is 0.727. The molecular weight excluding hydrogens is 264 g/mol. The van der Waals surface area contributed by atoms with E-state index in [1.807, 2.05) is 0 Å². The molecule has 1 aliphatic rings. The van der Waals surface area contributed by atoms with Crippen molar-refractivity contribution in [2.24, 2.45) is 29.6 Å². The zero-order valence-electron chi connectivity index (χ0n) is 16.0. The van der Waals surface area contributed by atoms with Crippen molar-refractivity contribution in [1.82, 2.24) is 0 Å². The van der Waals surface area contributed by atoms with Crippen molar-refractivity contribution in [2.75, 3.05) is 0 Å². The van der Waals surface area contributed by atoms with Gasteiger partial charge >= 0.3 is 0 Å². The third kappa shape index (κ3) is 6.55. The van der Waals surface area contributed by atoms with Gasteiger partial charge in [0.1, 0.15) is 0 Å². The van der Waals surface area contributed by atoms with E-state index in [9.17, 15) is 0 Å². The Morgan fingerprint density at radius 1 is 1.18 bits per heavy atom. The van der Waals surface area contributed by atoms with Gasteiger partial charge in [-0.25, -0.2) is 0 Å². The first kappa shape index (κ1) is 19.3. The lowest BCUT2D eigenvalue weighted by molar-refractivity contribution is 0.502. The maximum Gasteiger partial charge on any atom is -0.0231 e. The topological polar surface area (TPSA) is 0 Å². The van der Waals surface area contributed by atoms with Crippen LogP contribution in [0.4, 0.5) is 0 Å². The Morgan fingerprint density at radius 2 is 1.86 bits per heavy atom. The molecule has 0 nitrogen and oxygen atoms in total. The van der Waals surface area contributed by atoms with E-state index in [1.165, 1.54) is 36.8 Å². The zero-order chi connectivity index (χ0) is 16.7. The van der Waals surface area contributed by atoms with E-state index >= 15 is 0 Å². The van der Waals surface area contributed by atoms with Gasteiger partial charge in [0.2, 0.25) is 0 Å². The lowest BCUT2D eigenvalue weighted by atomic mass is 9.95. The van der Waals surface area contributed by atoms with E-state index in [0.29, 0.717) is 11.8 Å². The summed E-state index contributed by atoms with van der Waals surface area (Å²) in [4.78, 5) is 0. The minimum atomic E-state index is 0.707. The summed E-state index contributed by atoms with van der Waals surface area (Å²) in [6.45, 7) is 16.0. The van der Waals surface area contributed by atoms with Crippen molar-refractivity contribution >= 4 is 0 Å². The van der Waals surface area contributed by atoms with Crippen molar-refractivity contribution in [2.45, 2.75) is 74.1 Å². The fourth-order valence-electron chi connectivity index (χ4n) is 3.57. The van der Waals surface area contributed by atoms with Crippen LogP contribution in [0.25, 0.3) is 0 Å². The highest BCUT2D eigenvalue weighted by molar-refractivity contribution is 5.22. The minimum absolute atomic E-state index is 0.707. The summed E-state index contributed by atoms with van der Waals surface area (Å²) in [6, 6.07) is 0. The van der Waals surface area contributed by atoms with Gasteiger partial charge in [0.25, 0.3) is 0 Å². The van der Waals surface area contributed by atoms with Crippen molar-refractivity contribution in [1.29, 1.82) is 0 Å². The largest absolute Gasteiger partial charge is 0.0914 e. The Hall–Kier alpha value is -0.780. The molecule has 1 rings (SSSR count). The standard InChI is InChI=1S/C22H38/c1-8-10-19(6)22-15-21(22)12-11-16(3)13-17(4)14-20(7)18(5)9-2/h8,10,13-14,16,18-19,21-22H,9,11-12,15H2,1-7H3. The SMILES string of the molecule is CC=CC(C)C1CC1CCC(C)C=C(C)C=C(C)C(C)CC. The van der Waals surface area contributed by atoms with Gasteiger partial charge in [-0.3, -0.25) is 0 Å². The molecule has 0 aromatic carbocycles. The van der Waals surface area contributed by atoms with Crippen LogP contribution in [0.1, 0.15) is 74.1 Å². The van der Waals surface area contributed by atoms with Crippen LogP contribution in [0.15, 0.2) is 35.5 Å². The first-order valence-electron chi connectivity index (χ1n) is 9.38. The second-order valence-corrected chi connectivity index (χ2v) is 7.71. The van der Waals surface area contributed by atoms with Gasteiger partial charge < -0.3 is 0 Å². The maximum absolute atomic E-state index is 2.47. The van der Waals surface area contributed by atoms with Crippen LogP contribution in [0.5, 0.6) is 0 Å². The summed E-state index contributed by atoms with van der Waals surface area (Å²) in [5, 5.41) is 0. The van der Waals surface area contributed by atoms with Gasteiger partial charge in [-0.2, -0.15) is 0 Å². The van der Waals surface area contributed by atoms with Crippen molar-refractivity contribution in [3.8, 4) is 0 Å². The van der Waals surface area contributed by atoms with Crippen LogP contribution in [-0.2, 0) is 0 Å². The molecule has 0 radical (unpaired) electrons. The first-order chi connectivity index (χ1) is 10.4. The predicted molar refractivity (Wildman–Crippen MR) is 101 cm³/mol. The van der Waals surface area contributed by atoms with Crippen molar-refractivity contribution in [3.63, 3.8) is 0 Å². The summed E-state index contributed by atoms with van der Waals surface area (Å²) < 4.78 is 0. The number of hydrogen-bond donors (Lipinski definition) is 0. The molecule has 0 heterocycles. The van der Waals surface area contributed by atoms with Gasteiger partial charge in [0.15, 0.2) is 0 Å². The molecular formula is C22H38. The Balaban J connectivity index is 2.37. The smallest absolute Gasteiger partial charge is 0.0231 e. The van der Waals surface area contributed by atoms with Crippen LogP contribution in [0.2, 0.25) is 0 Å². The monoisotopic (exact) mass is 302 g/mol. The van der Waals surface area contributed by atoms with E-state index < -0.39 is 0 Å². The quantitative estimate of drug-likeness (QED) is 0.312. The fourth-order valence-corrected chi connectivity index (χ4v) is 3.57. The van der Waals surface area contributed by atoms with Gasteiger partial charge in [0, 0.05) is 0 Å². The molecule has 1 saturated carbocycles. The molecule has 0 saturated heterocycles. The second-order valence-electron chi connectivity index (χ2n) is 7.71. The van der Waals surface area contributed by atoms with Crippen LogP contribution in [0.3, 0.4) is 0 Å². The predicted octanol–water partition coefficient (Wildman–Crippen LogP) is 7.19. The van der Waals surface area contributed by atoms with Gasteiger partial charge in [0.05, 0.1) is 0 Å². The number of rotatable bonds is 9. The first-order valence-corrected chi connectivity index (χ1v) is 9.38. The summed E-state index contributed by atoms with van der Waals surface area (Å²) in [7, 11) is 0. The van der Waals surface area contributed by atoms with Crippen LogP contribution < -0.4 is 0 Å². The lowest BCUT2D eigenvalue weighted by Crippen LogP contribution is -1.98. The van der Waals surface area contributed by atoms with E-state index in [-0.39, 0.29) is 0 Å². The molecule has 0 heteroatoms. The third-order valence-electron chi connectivity index (χ3n) is 5.53. The summed E-state index contributed by atoms with van der Waals surface area (Å²) in [5.41, 5.74) is 2.96. The average Bonchev–Trinajstić information content (AvgIpc) is 3.24. The third-order valence-corrected chi connectivity index (χ3v) is 5.53. The minimum Gasteiger partial charge on any atom is -0.0914 e. The van der Waals surface area contributed by atoms with Gasteiger partial charge in [-0.05, 0) is 76.0 Å². The number of allylic oxidation sites excluding steroid dienone is 6. The summed E-state index contributed by atoms with van der Waals surface area (Å²) in [5.74, 6) is 4.14. The molecule has 0 aromatic rings. The van der Waals surface area contributed by atoms with E-state index in [0.717, 1.165) is 17.8 Å². The van der Waals surface area contributed by atoms with Gasteiger partial charge in [-0.15, -0.1) is 0 Å². The van der Waals surface area contributed by atoms with E-state index in [2.05, 4.69) is 72.8 Å². The van der Waals surface area contributed by atoms with Crippen molar-refractivity contribution < 1.29 is 0 Å². The molecule has 1 aliphatic carbocycles. The molecule has 0 N–H and O–H groups in total. The maximum atomic E-state index is 2.47. The van der Waals surface area contributed by atoms with Gasteiger partial charge in [-0.1, -0.05) is 63.1 Å². The Kier molecular flexibility index (Phi) is 8.21. The normalized spacial score (nSPS) is 27.0. The van der Waals surface area contributed by atoms with E-state index in [4.69, 9.17) is 0 Å². The Morgan fingerprint density at radius 3 is 2.45 bits per heavy atom. The summed E-state index contributed by atoms with van der Waals surface area (Å²) in [6.07, 6.45) is 14.9. The zero-order valence-corrected chi connectivity index (χ0v) is 16.0. The molecule has 1 fully saturated rings. The van der Waals surface area contributed by atoms with E-state index in [1.54, 1.807) is 0 Å². The number of hydrogen-bond acceptors (Lipinski definition) is 0. The molecule has 5 atom stereocenters. The molecule has 5 unspecified atom stereocenters. The van der Waals surface area contributed by atoms with Crippen LogP contribution in [0, 0.1) is 29.6 Å². The molecule has 22 heavy (non-hydrogen) atoms. The Bertz CT molecular complexity index is 410. The Labute approximate surface area is 139 Å². The average molecular weight is 303 g/mol. The highest BCUT2D eigenvalue weighted by atomic mass is 14.4. The highest BCUT2D eigenvalue weighted by Crippen LogP contribution is 2.48. The van der Waals surface area contributed by atoms with Crippen LogP contribution >= 0.6 is 0 Å². The molecule has 0 spiro atoms.